The van der Waals surface area contributed by atoms with Crippen molar-refractivity contribution in [3.63, 3.8) is 0 Å². The largest absolute Gasteiger partial charge is 0.573 e. The van der Waals surface area contributed by atoms with Crippen molar-refractivity contribution < 1.29 is 31.5 Å². The fourth-order valence-electron chi connectivity index (χ4n) is 4.23. The molecule has 9 heteroatoms. The molecule has 3 aromatic rings. The number of nitrogens with one attached hydrogen (secondary N) is 1. The first-order valence-electron chi connectivity index (χ1n) is 11.3. The zero-order valence-corrected chi connectivity index (χ0v) is 19.4. The van der Waals surface area contributed by atoms with Crippen LogP contribution in [0.25, 0.3) is 11.1 Å². The van der Waals surface area contributed by atoms with Gasteiger partial charge in [0.25, 0.3) is 0 Å². The quantitative estimate of drug-likeness (QED) is 0.386. The molecule has 0 bridgehead atoms. The Hall–Kier alpha value is -3.75. The van der Waals surface area contributed by atoms with E-state index in [2.05, 4.69) is 15.0 Å². The Morgan fingerprint density at radius 2 is 1.50 bits per heavy atom. The number of halogens is 5. The van der Waals surface area contributed by atoms with E-state index in [4.69, 9.17) is 0 Å². The van der Waals surface area contributed by atoms with E-state index in [0.717, 1.165) is 17.7 Å². The molecule has 3 aromatic carbocycles. The van der Waals surface area contributed by atoms with Crippen molar-refractivity contribution in [2.45, 2.75) is 38.7 Å². The minimum Gasteiger partial charge on any atom is -0.406 e. The molecule has 0 spiro atoms. The SMILES string of the molecule is CC(C)NC(=O)C1CC(c2c(F)cccc2F)=NC1c1ccc(-c2ccc(OC(F)(F)F)cc2)cc1. The molecule has 0 radical (unpaired) electrons. The number of carbonyl (C=O) groups is 1. The zero-order valence-electron chi connectivity index (χ0n) is 19.4. The maximum absolute atomic E-state index is 14.4. The second-order valence-corrected chi connectivity index (χ2v) is 8.79. The maximum atomic E-state index is 14.4. The van der Waals surface area contributed by atoms with E-state index in [1.54, 1.807) is 24.3 Å². The van der Waals surface area contributed by atoms with Crippen molar-refractivity contribution in [3.8, 4) is 16.9 Å². The highest BCUT2D eigenvalue weighted by molar-refractivity contribution is 6.05. The Balaban J connectivity index is 1.63. The van der Waals surface area contributed by atoms with Gasteiger partial charge in [-0.2, -0.15) is 0 Å². The van der Waals surface area contributed by atoms with Crippen molar-refractivity contribution in [1.82, 2.24) is 5.32 Å². The number of carbonyl (C=O) groups excluding carboxylic acids is 1. The monoisotopic (exact) mass is 502 g/mol. The lowest BCUT2D eigenvalue weighted by atomic mass is 9.89. The fourth-order valence-corrected chi connectivity index (χ4v) is 4.23. The van der Waals surface area contributed by atoms with Gasteiger partial charge in [-0.1, -0.05) is 42.5 Å². The van der Waals surface area contributed by atoms with Gasteiger partial charge in [0.15, 0.2) is 0 Å². The van der Waals surface area contributed by atoms with Crippen molar-refractivity contribution >= 4 is 11.6 Å². The first kappa shape index (κ1) is 25.3. The molecule has 4 nitrogen and oxygen atoms in total. The molecule has 2 atom stereocenters. The van der Waals surface area contributed by atoms with Gasteiger partial charge in [-0.15, -0.1) is 13.2 Å². The molecule has 0 saturated heterocycles. The normalized spacial score (nSPS) is 17.7. The zero-order chi connectivity index (χ0) is 26.0. The Morgan fingerprint density at radius 1 is 0.944 bits per heavy atom. The van der Waals surface area contributed by atoms with Gasteiger partial charge in [-0.05, 0) is 54.8 Å². The van der Waals surface area contributed by atoms with E-state index in [-0.39, 0.29) is 35.4 Å². The van der Waals surface area contributed by atoms with Gasteiger partial charge in [0, 0.05) is 18.2 Å². The van der Waals surface area contributed by atoms with Crippen molar-refractivity contribution in [3.05, 3.63) is 89.5 Å². The highest BCUT2D eigenvalue weighted by Crippen LogP contribution is 2.38. The van der Waals surface area contributed by atoms with E-state index < -0.39 is 30.0 Å². The lowest BCUT2D eigenvalue weighted by molar-refractivity contribution is -0.274. The first-order chi connectivity index (χ1) is 17.0. The molecule has 1 aliphatic rings. The summed E-state index contributed by atoms with van der Waals surface area (Å²) in [5.74, 6) is -2.74. The number of ether oxygens (including phenoxy) is 1. The molecule has 2 unspecified atom stereocenters. The van der Waals surface area contributed by atoms with Gasteiger partial charge in [0.1, 0.15) is 17.4 Å². The maximum Gasteiger partial charge on any atom is 0.573 e. The van der Waals surface area contributed by atoms with Crippen molar-refractivity contribution in [2.75, 3.05) is 0 Å². The van der Waals surface area contributed by atoms with Crippen LogP contribution in [0.4, 0.5) is 22.0 Å². The van der Waals surface area contributed by atoms with Crippen LogP contribution in [-0.4, -0.2) is 24.0 Å². The second-order valence-electron chi connectivity index (χ2n) is 8.79. The van der Waals surface area contributed by atoms with Gasteiger partial charge in [-0.3, -0.25) is 9.79 Å². The third kappa shape index (κ3) is 5.72. The van der Waals surface area contributed by atoms with Crippen LogP contribution in [-0.2, 0) is 4.79 Å². The fraction of sp³-hybridized carbons (Fsp3) is 0.259. The standard InChI is InChI=1S/C27H23F5N2O2/c1-15(2)33-26(35)20-14-23(24-21(28)4-3-5-22(24)29)34-25(20)18-8-6-16(7-9-18)17-10-12-19(13-11-17)36-27(30,31)32/h3-13,15,20,25H,14H2,1-2H3,(H,33,35). The summed E-state index contributed by atoms with van der Waals surface area (Å²) >= 11 is 0. The molecule has 0 saturated carbocycles. The molecule has 0 aliphatic carbocycles. The van der Waals surface area contributed by atoms with E-state index in [1.807, 2.05) is 13.8 Å². The Labute approximate surface area is 204 Å². The van der Waals surface area contributed by atoms with Crippen LogP contribution < -0.4 is 10.1 Å². The van der Waals surface area contributed by atoms with Crippen molar-refractivity contribution in [1.29, 1.82) is 0 Å². The first-order valence-corrected chi connectivity index (χ1v) is 11.3. The molecule has 0 aromatic heterocycles. The Morgan fingerprint density at radius 3 is 2.03 bits per heavy atom. The predicted molar refractivity (Wildman–Crippen MR) is 126 cm³/mol. The molecule has 1 aliphatic heterocycles. The minimum absolute atomic E-state index is 0.0729. The highest BCUT2D eigenvalue weighted by atomic mass is 19.4. The smallest absolute Gasteiger partial charge is 0.406 e. The van der Waals surface area contributed by atoms with Crippen LogP contribution >= 0.6 is 0 Å². The van der Waals surface area contributed by atoms with Crippen LogP contribution in [0.2, 0.25) is 0 Å². The summed E-state index contributed by atoms with van der Waals surface area (Å²) in [5, 5.41) is 2.85. The molecule has 1 amide bonds. The molecule has 0 fully saturated rings. The number of aliphatic imine (C=N–C) groups is 1. The van der Waals surface area contributed by atoms with E-state index in [9.17, 15) is 26.7 Å². The van der Waals surface area contributed by atoms with Crippen LogP contribution in [0.3, 0.4) is 0 Å². The molecular formula is C27H23F5N2O2. The molecule has 1 N–H and O–H groups in total. The molecule has 4 rings (SSSR count). The van der Waals surface area contributed by atoms with Crippen molar-refractivity contribution in [2.24, 2.45) is 10.9 Å². The van der Waals surface area contributed by atoms with E-state index in [0.29, 0.717) is 11.1 Å². The summed E-state index contributed by atoms with van der Waals surface area (Å²) in [7, 11) is 0. The van der Waals surface area contributed by atoms with Gasteiger partial charge in [-0.25, -0.2) is 8.78 Å². The average Bonchev–Trinajstić information content (AvgIpc) is 3.23. The summed E-state index contributed by atoms with van der Waals surface area (Å²) in [4.78, 5) is 17.5. The summed E-state index contributed by atoms with van der Waals surface area (Å²) in [6.45, 7) is 3.64. The number of benzene rings is 3. The summed E-state index contributed by atoms with van der Waals surface area (Å²) in [6.07, 6.45) is -4.70. The summed E-state index contributed by atoms with van der Waals surface area (Å²) in [6, 6.07) is 15.2. The minimum atomic E-state index is -4.77. The Bertz CT molecular complexity index is 1250. The third-order valence-electron chi connectivity index (χ3n) is 5.78. The van der Waals surface area contributed by atoms with Gasteiger partial charge >= 0.3 is 6.36 Å². The van der Waals surface area contributed by atoms with Gasteiger partial charge in [0.05, 0.1) is 17.5 Å². The number of amides is 1. The molecule has 188 valence electrons. The average molecular weight is 502 g/mol. The third-order valence-corrected chi connectivity index (χ3v) is 5.78. The number of nitrogens with zero attached hydrogens (tertiary/aromatic N) is 1. The number of hydrogen-bond donors (Lipinski definition) is 1. The lowest BCUT2D eigenvalue weighted by Crippen LogP contribution is -2.37. The van der Waals surface area contributed by atoms with Crippen LogP contribution in [0.15, 0.2) is 71.7 Å². The number of alkyl halides is 3. The van der Waals surface area contributed by atoms with Gasteiger partial charge in [0.2, 0.25) is 5.91 Å². The molecule has 36 heavy (non-hydrogen) atoms. The van der Waals surface area contributed by atoms with E-state index >= 15 is 0 Å². The highest BCUT2D eigenvalue weighted by Gasteiger charge is 2.38. The summed E-state index contributed by atoms with van der Waals surface area (Å²) < 4.78 is 70.0. The van der Waals surface area contributed by atoms with Crippen LogP contribution in [0.5, 0.6) is 5.75 Å². The number of rotatable bonds is 6. The number of hydrogen-bond acceptors (Lipinski definition) is 3. The van der Waals surface area contributed by atoms with Crippen LogP contribution in [0, 0.1) is 17.6 Å². The summed E-state index contributed by atoms with van der Waals surface area (Å²) in [5.41, 5.74) is 2.01. The molecular weight excluding hydrogens is 479 g/mol. The lowest BCUT2D eigenvalue weighted by Gasteiger charge is -2.20. The topological polar surface area (TPSA) is 50.7 Å². The Kier molecular flexibility index (Phi) is 7.10. The van der Waals surface area contributed by atoms with E-state index in [1.165, 1.54) is 30.3 Å². The predicted octanol–water partition coefficient (Wildman–Crippen LogP) is 6.61. The molecule has 1 heterocycles. The van der Waals surface area contributed by atoms with Crippen LogP contribution in [0.1, 0.15) is 37.4 Å². The second kappa shape index (κ2) is 10.1. The van der Waals surface area contributed by atoms with Gasteiger partial charge < -0.3 is 10.1 Å².